The molecule has 0 heterocycles. The van der Waals surface area contributed by atoms with Crippen LogP contribution in [0.15, 0.2) is 25.6 Å². The van der Waals surface area contributed by atoms with E-state index in [1.54, 1.807) is 0 Å². The second-order valence-electron chi connectivity index (χ2n) is 3.63. The maximum absolute atomic E-state index is 11.8. The van der Waals surface area contributed by atoms with Gasteiger partial charge in [0.05, 0.1) is 59.3 Å². The lowest BCUT2D eigenvalue weighted by Crippen LogP contribution is -2.12. The van der Waals surface area contributed by atoms with Crippen LogP contribution in [0.2, 0.25) is 0 Å². The molecule has 0 aromatic heterocycles. The van der Waals surface area contributed by atoms with E-state index >= 15 is 0 Å². The van der Waals surface area contributed by atoms with Crippen LogP contribution in [0.4, 0.5) is 0 Å². The van der Waals surface area contributed by atoms with Gasteiger partial charge in [0.2, 0.25) is 33.1 Å². The molecule has 9 nitrogen and oxygen atoms in total. The molecule has 0 saturated carbocycles. The Kier molecular flexibility index (Phi) is 6.13. The van der Waals surface area contributed by atoms with Crippen LogP contribution in [-0.4, -0.2) is 38.8 Å². The van der Waals surface area contributed by atoms with Gasteiger partial charge in [0.15, 0.2) is 0 Å². The fourth-order valence-corrected chi connectivity index (χ4v) is 11.7. The van der Waals surface area contributed by atoms with Gasteiger partial charge in [-0.3, -0.25) is 0 Å². The molecule has 0 aliphatic carbocycles. The van der Waals surface area contributed by atoms with Crippen molar-refractivity contribution < 1.29 is 38.8 Å². The average Bonchev–Trinajstić information content (AvgIpc) is 2.21. The minimum atomic E-state index is -4.79. The van der Waals surface area contributed by atoms with Crippen molar-refractivity contribution in [2.24, 2.45) is 0 Å². The minimum absolute atomic E-state index is 0.286. The van der Waals surface area contributed by atoms with E-state index in [-0.39, 0.29) is 6.07 Å². The van der Waals surface area contributed by atoms with E-state index in [4.69, 9.17) is 0 Å². The van der Waals surface area contributed by atoms with Gasteiger partial charge in [0.1, 0.15) is 25.3 Å². The first-order valence-corrected chi connectivity index (χ1v) is 17.9. The number of halogens is 4. The number of rotatable bonds is 4. The van der Waals surface area contributed by atoms with Crippen molar-refractivity contribution in [3.63, 3.8) is 0 Å². The normalized spacial score (nSPS) is 13.9. The summed E-state index contributed by atoms with van der Waals surface area (Å²) in [6, 6.07) is 0.286. The van der Waals surface area contributed by atoms with Crippen LogP contribution in [0.5, 0.6) is 5.75 Å². The standard InChI is InChI=1S/C6H2Br4O9S4/c7-20(12,13)3-1-2(11)4(21(8,14)15)6(23(10,18)19)5(3)22(9,16)17/h1,11H. The predicted octanol–water partition coefficient (Wildman–Crippen LogP) is 1.73. The number of benzene rings is 1. The Balaban J connectivity index is 4.56. The summed E-state index contributed by atoms with van der Waals surface area (Å²) in [6.45, 7) is 0. The number of phenols is 1. The van der Waals surface area contributed by atoms with E-state index < -0.39 is 58.4 Å². The van der Waals surface area contributed by atoms with Crippen LogP contribution in [0.25, 0.3) is 0 Å². The lowest BCUT2D eigenvalue weighted by atomic mass is 10.3. The molecular weight excluding hydrogens is 664 g/mol. The van der Waals surface area contributed by atoms with Gasteiger partial charge in [-0.05, 0) is 0 Å². The third-order valence-electron chi connectivity index (χ3n) is 2.13. The monoisotopic (exact) mass is 662 g/mol. The second-order valence-corrected chi connectivity index (χ2v) is 19.0. The SMILES string of the molecule is O=S(=O)(Br)c1cc(O)c(S(=O)(=O)Br)c(S(=O)(=O)Br)c1S(=O)(=O)Br. The van der Waals surface area contributed by atoms with Crippen molar-refractivity contribution in [1.29, 1.82) is 0 Å². The molecule has 0 saturated heterocycles. The highest BCUT2D eigenvalue weighted by atomic mass is 79.9. The molecule has 1 aromatic rings. The zero-order valence-electron chi connectivity index (χ0n) is 9.94. The minimum Gasteiger partial charge on any atom is -0.506 e. The molecule has 0 aliphatic rings. The molecule has 0 amide bonds. The first-order valence-electron chi connectivity index (χ1n) is 4.57. The van der Waals surface area contributed by atoms with E-state index in [2.05, 4.69) is 59.3 Å². The molecule has 0 atom stereocenters. The molecule has 132 valence electrons. The lowest BCUT2D eigenvalue weighted by molar-refractivity contribution is 0.449. The first kappa shape index (κ1) is 21.8. The Morgan fingerprint density at radius 3 is 1.22 bits per heavy atom. The maximum Gasteiger partial charge on any atom is 0.242 e. The summed E-state index contributed by atoms with van der Waals surface area (Å²) < 4.78 is 93.9. The molecule has 0 radical (unpaired) electrons. The van der Waals surface area contributed by atoms with Crippen molar-refractivity contribution in [3.8, 4) is 5.75 Å². The second kappa shape index (κ2) is 6.48. The number of hydrogen-bond donors (Lipinski definition) is 1. The molecule has 0 bridgehead atoms. The zero-order chi connectivity index (χ0) is 18.6. The summed E-state index contributed by atoms with van der Waals surface area (Å²) in [5.41, 5.74) is 0. The van der Waals surface area contributed by atoms with Crippen molar-refractivity contribution in [2.75, 3.05) is 0 Å². The van der Waals surface area contributed by atoms with Crippen LogP contribution >= 0.6 is 59.3 Å². The molecule has 1 N–H and O–H groups in total. The molecular formula is C6H2Br4O9S4. The topological polar surface area (TPSA) is 157 Å². The number of phenolic OH excluding ortho intramolecular Hbond substituents is 1. The van der Waals surface area contributed by atoms with Crippen molar-refractivity contribution in [2.45, 2.75) is 19.6 Å². The molecule has 0 spiro atoms. The van der Waals surface area contributed by atoms with Crippen LogP contribution in [0.3, 0.4) is 0 Å². The van der Waals surface area contributed by atoms with Gasteiger partial charge in [-0.1, -0.05) is 0 Å². The summed E-state index contributed by atoms with van der Waals surface area (Å²) in [5.74, 6) is -1.29. The highest BCUT2D eigenvalue weighted by Crippen LogP contribution is 2.45. The van der Waals surface area contributed by atoms with Gasteiger partial charge in [-0.2, -0.15) is 0 Å². The molecule has 17 heteroatoms. The average molecular weight is 666 g/mol. The first-order chi connectivity index (χ1) is 9.88. The van der Waals surface area contributed by atoms with Crippen LogP contribution < -0.4 is 0 Å². The van der Waals surface area contributed by atoms with Crippen molar-refractivity contribution in [1.82, 2.24) is 0 Å². The van der Waals surface area contributed by atoms with E-state index in [0.717, 1.165) is 0 Å². The van der Waals surface area contributed by atoms with Gasteiger partial charge in [-0.25, -0.2) is 33.7 Å². The highest BCUT2D eigenvalue weighted by molar-refractivity contribution is 9.49. The number of aromatic hydroxyl groups is 1. The van der Waals surface area contributed by atoms with Crippen molar-refractivity contribution >= 4 is 92.3 Å². The lowest BCUT2D eigenvalue weighted by Gasteiger charge is -2.14. The zero-order valence-corrected chi connectivity index (χ0v) is 19.5. The Morgan fingerprint density at radius 1 is 0.609 bits per heavy atom. The molecule has 0 aliphatic heterocycles. The van der Waals surface area contributed by atoms with Crippen LogP contribution in [0.1, 0.15) is 0 Å². The Morgan fingerprint density at radius 2 is 0.957 bits per heavy atom. The van der Waals surface area contributed by atoms with Gasteiger partial charge >= 0.3 is 0 Å². The van der Waals surface area contributed by atoms with Crippen LogP contribution in [0, 0.1) is 0 Å². The Hall–Kier alpha value is 0.740. The van der Waals surface area contributed by atoms with E-state index in [9.17, 15) is 38.8 Å². The largest absolute Gasteiger partial charge is 0.506 e. The molecule has 0 unspecified atom stereocenters. The van der Waals surface area contributed by atoms with Gasteiger partial charge < -0.3 is 5.11 Å². The summed E-state index contributed by atoms with van der Waals surface area (Å²) in [6.07, 6.45) is 0. The van der Waals surface area contributed by atoms with Gasteiger partial charge in [0, 0.05) is 6.07 Å². The summed E-state index contributed by atoms with van der Waals surface area (Å²) in [7, 11) is -18.7. The quantitative estimate of drug-likeness (QED) is 0.473. The Bertz CT molecular complexity index is 1100. The predicted molar refractivity (Wildman–Crippen MR) is 92.6 cm³/mol. The molecule has 23 heavy (non-hydrogen) atoms. The smallest absolute Gasteiger partial charge is 0.242 e. The summed E-state index contributed by atoms with van der Waals surface area (Å²) in [5, 5.41) is 9.73. The third kappa shape index (κ3) is 4.89. The highest BCUT2D eigenvalue weighted by Gasteiger charge is 2.39. The fraction of sp³-hybridized carbons (Fsp3) is 0. The Labute approximate surface area is 160 Å². The molecule has 1 rings (SSSR count). The molecule has 1 aromatic carbocycles. The van der Waals surface area contributed by atoms with E-state index in [1.807, 2.05) is 0 Å². The summed E-state index contributed by atoms with van der Waals surface area (Å²) in [4.78, 5) is -5.37. The van der Waals surface area contributed by atoms with E-state index in [1.165, 1.54) is 0 Å². The van der Waals surface area contributed by atoms with E-state index in [0.29, 0.717) is 0 Å². The molecule has 0 fully saturated rings. The van der Waals surface area contributed by atoms with Crippen molar-refractivity contribution in [3.05, 3.63) is 6.07 Å². The fourth-order valence-electron chi connectivity index (χ4n) is 1.46. The van der Waals surface area contributed by atoms with Gasteiger partial charge in [0.25, 0.3) is 0 Å². The number of hydrogen-bond acceptors (Lipinski definition) is 9. The summed E-state index contributed by atoms with van der Waals surface area (Å²) >= 11 is 8.45. The van der Waals surface area contributed by atoms with Gasteiger partial charge in [-0.15, -0.1) is 0 Å². The van der Waals surface area contributed by atoms with Crippen LogP contribution in [-0.2, 0) is 33.1 Å². The third-order valence-corrected chi connectivity index (χ3v) is 10.0. The maximum atomic E-state index is 11.8.